The van der Waals surface area contributed by atoms with Crippen molar-refractivity contribution in [3.63, 3.8) is 0 Å². The Bertz CT molecular complexity index is 1330. The van der Waals surface area contributed by atoms with Crippen LogP contribution in [0.1, 0.15) is 35.8 Å². The summed E-state index contributed by atoms with van der Waals surface area (Å²) in [5.41, 5.74) is 5.83. The van der Waals surface area contributed by atoms with E-state index in [-0.39, 0.29) is 11.8 Å². The maximum absolute atomic E-state index is 10.5. The van der Waals surface area contributed by atoms with E-state index in [4.69, 9.17) is 23.2 Å². The van der Waals surface area contributed by atoms with E-state index in [9.17, 15) is 10.0 Å². The van der Waals surface area contributed by atoms with Crippen LogP contribution < -0.4 is 5.73 Å². The number of carbonyl (C=O) groups excluding carboxylic acids is 1. The molecule has 196 valence electrons. The maximum atomic E-state index is 10.5. The number of aromatic nitrogens is 6. The van der Waals surface area contributed by atoms with Gasteiger partial charge < -0.3 is 15.7 Å². The Morgan fingerprint density at radius 2 is 1.32 bits per heavy atom. The Kier molecular flexibility index (Phi) is 6.80. The van der Waals surface area contributed by atoms with Crippen LogP contribution in [-0.2, 0) is 15.8 Å². The van der Waals surface area contributed by atoms with Crippen LogP contribution in [0.15, 0.2) is 79.0 Å². The largest absolute Gasteiger partial charge is 0.453 e. The third-order valence-electron chi connectivity index (χ3n) is 7.18. The van der Waals surface area contributed by atoms with Gasteiger partial charge in [0.25, 0.3) is 0 Å². The van der Waals surface area contributed by atoms with Crippen LogP contribution in [0.25, 0.3) is 0 Å². The van der Waals surface area contributed by atoms with Gasteiger partial charge in [0, 0.05) is 21.9 Å². The molecule has 2 saturated carbocycles. The average Bonchev–Trinajstić information content (AvgIpc) is 3.61. The van der Waals surface area contributed by atoms with E-state index in [1.54, 1.807) is 22.0 Å². The van der Waals surface area contributed by atoms with Crippen molar-refractivity contribution in [3.05, 3.63) is 95.0 Å². The Balaban J connectivity index is 0.000000540. The highest BCUT2D eigenvalue weighted by Crippen LogP contribution is 2.67. The Morgan fingerprint density at radius 1 is 0.921 bits per heavy atom. The smallest absolute Gasteiger partial charge is 0.404 e. The summed E-state index contributed by atoms with van der Waals surface area (Å²) in [5, 5.41) is 24.7. The van der Waals surface area contributed by atoms with Crippen molar-refractivity contribution in [2.24, 2.45) is 10.9 Å². The van der Waals surface area contributed by atoms with Gasteiger partial charge in [-0.25, -0.2) is 24.1 Å². The van der Waals surface area contributed by atoms with Gasteiger partial charge in [0.15, 0.2) is 0 Å². The number of nitrogens with zero attached hydrogens (tertiary/aromatic N) is 7. The zero-order chi connectivity index (χ0) is 26.9. The highest BCUT2D eigenvalue weighted by atomic mass is 35.5. The number of benzene rings is 2. The molecule has 13 heteroatoms. The van der Waals surface area contributed by atoms with Crippen LogP contribution in [0.4, 0.5) is 4.79 Å². The van der Waals surface area contributed by atoms with Crippen LogP contribution in [0, 0.1) is 0 Å². The Labute approximate surface area is 227 Å². The molecule has 4 atom stereocenters. The van der Waals surface area contributed by atoms with Crippen molar-refractivity contribution in [1.82, 2.24) is 29.5 Å². The van der Waals surface area contributed by atoms with Crippen LogP contribution in [-0.4, -0.2) is 53.7 Å². The first-order chi connectivity index (χ1) is 18.4. The van der Waals surface area contributed by atoms with E-state index in [1.807, 2.05) is 48.5 Å². The summed E-state index contributed by atoms with van der Waals surface area (Å²) in [7, 11) is 1.22. The summed E-state index contributed by atoms with van der Waals surface area (Å²) < 4.78 is 7.49. The molecular formula is C25H24Cl2N8O3. The molecule has 2 aromatic heterocycles. The van der Waals surface area contributed by atoms with Gasteiger partial charge in [-0.1, -0.05) is 52.6 Å². The lowest BCUT2D eigenvalue weighted by atomic mass is 9.92. The summed E-state index contributed by atoms with van der Waals surface area (Å²) in [6, 6.07) is 15.5. The van der Waals surface area contributed by atoms with E-state index in [0.29, 0.717) is 28.6 Å². The van der Waals surface area contributed by atoms with Gasteiger partial charge >= 0.3 is 6.09 Å². The van der Waals surface area contributed by atoms with Gasteiger partial charge in [0.2, 0.25) is 0 Å². The fraction of sp³-hybridized carbons (Fsp3) is 0.280. The van der Waals surface area contributed by atoms with E-state index in [2.05, 4.69) is 35.8 Å². The predicted molar refractivity (Wildman–Crippen MR) is 139 cm³/mol. The molecule has 0 bridgehead atoms. The number of oxime groups is 1. The number of carbonyl (C=O) groups is 1. The van der Waals surface area contributed by atoms with Gasteiger partial charge in [-0.15, -0.1) is 0 Å². The first kappa shape index (κ1) is 25.7. The van der Waals surface area contributed by atoms with E-state index < -0.39 is 17.2 Å². The second-order valence-electron chi connectivity index (χ2n) is 9.12. The normalized spacial score (nSPS) is 25.0. The molecule has 38 heavy (non-hydrogen) atoms. The standard InChI is InChI=1S/C23H19Cl2N7O.C2H5NO2/c24-17-5-1-15(2-6-17)19-9-22(19,31-13-26-11-28-31)21(30-33)23(32-14-27-12-29-32)10-20(23)16-3-7-18(25)8-4-16;1-5-2(3)4/h1-8,11-14,19-20,33H,9-10H2;1H3,(H2,3,4). The molecular weight excluding hydrogens is 531 g/mol. The van der Waals surface area contributed by atoms with Crippen molar-refractivity contribution < 1.29 is 14.7 Å². The number of rotatable bonds is 6. The van der Waals surface area contributed by atoms with Gasteiger partial charge in [0.05, 0.1) is 7.11 Å². The van der Waals surface area contributed by atoms with Crippen molar-refractivity contribution >= 4 is 35.0 Å². The first-order valence-corrected chi connectivity index (χ1v) is 12.4. The molecule has 0 aliphatic heterocycles. The topological polar surface area (TPSA) is 146 Å². The monoisotopic (exact) mass is 554 g/mol. The predicted octanol–water partition coefficient (Wildman–Crippen LogP) is 4.18. The molecule has 0 radical (unpaired) electrons. The van der Waals surface area contributed by atoms with Crippen molar-refractivity contribution in [2.75, 3.05) is 7.11 Å². The quantitative estimate of drug-likeness (QED) is 0.206. The molecule has 2 aliphatic rings. The molecule has 6 rings (SSSR count). The minimum absolute atomic E-state index is 0.0363. The molecule has 0 spiro atoms. The molecule has 4 unspecified atom stereocenters. The summed E-state index contributed by atoms with van der Waals surface area (Å²) in [5.74, 6) is 0.0726. The number of primary amides is 1. The van der Waals surface area contributed by atoms with Crippen molar-refractivity contribution in [2.45, 2.75) is 35.8 Å². The maximum Gasteiger partial charge on any atom is 0.404 e. The second kappa shape index (κ2) is 10.1. The number of halogens is 2. The SMILES string of the molecule is COC(N)=O.ON=C(C1(n2cncn2)CC1c1ccc(Cl)cc1)C1(n2cncn2)CC1c1ccc(Cl)cc1. The van der Waals surface area contributed by atoms with Gasteiger partial charge in [-0.2, -0.15) is 10.2 Å². The van der Waals surface area contributed by atoms with E-state index in [0.717, 1.165) is 11.1 Å². The fourth-order valence-electron chi connectivity index (χ4n) is 5.31. The van der Waals surface area contributed by atoms with Crippen molar-refractivity contribution in [1.29, 1.82) is 0 Å². The second-order valence-corrected chi connectivity index (χ2v) is 9.99. The molecule has 0 saturated heterocycles. The zero-order valence-electron chi connectivity index (χ0n) is 20.2. The van der Waals surface area contributed by atoms with Gasteiger partial charge in [0.1, 0.15) is 42.1 Å². The molecule has 2 heterocycles. The highest BCUT2D eigenvalue weighted by molar-refractivity contribution is 6.30. The van der Waals surface area contributed by atoms with Gasteiger partial charge in [-0.05, 0) is 48.2 Å². The Hall–Kier alpha value is -3.96. The molecule has 3 N–H and O–H groups in total. The third kappa shape index (κ3) is 4.37. The number of nitrogens with two attached hydrogens (primary N) is 1. The lowest BCUT2D eigenvalue weighted by Crippen LogP contribution is -2.43. The lowest BCUT2D eigenvalue weighted by molar-refractivity contribution is 0.182. The minimum Gasteiger partial charge on any atom is -0.453 e. The molecule has 2 fully saturated rings. The highest BCUT2D eigenvalue weighted by Gasteiger charge is 2.73. The first-order valence-electron chi connectivity index (χ1n) is 11.6. The fourth-order valence-corrected chi connectivity index (χ4v) is 5.56. The van der Waals surface area contributed by atoms with E-state index >= 15 is 0 Å². The van der Waals surface area contributed by atoms with Crippen LogP contribution in [0.3, 0.4) is 0 Å². The number of amides is 1. The van der Waals surface area contributed by atoms with E-state index in [1.165, 1.54) is 19.8 Å². The van der Waals surface area contributed by atoms with Crippen LogP contribution in [0.5, 0.6) is 0 Å². The van der Waals surface area contributed by atoms with Crippen molar-refractivity contribution in [3.8, 4) is 0 Å². The minimum atomic E-state index is -0.745. The summed E-state index contributed by atoms with van der Waals surface area (Å²) in [6.07, 6.45) is 7.03. The molecule has 2 aromatic carbocycles. The van der Waals surface area contributed by atoms with Gasteiger partial charge in [-0.3, -0.25) is 0 Å². The molecule has 11 nitrogen and oxygen atoms in total. The molecule has 4 aromatic rings. The molecule has 1 amide bonds. The Morgan fingerprint density at radius 3 is 1.61 bits per heavy atom. The molecule has 2 aliphatic carbocycles. The summed E-state index contributed by atoms with van der Waals surface area (Å²) in [6.45, 7) is 0. The zero-order valence-corrected chi connectivity index (χ0v) is 21.7. The summed E-state index contributed by atoms with van der Waals surface area (Å²) >= 11 is 12.3. The number of hydrogen-bond acceptors (Lipinski definition) is 8. The number of hydrogen-bond donors (Lipinski definition) is 2. The average molecular weight is 555 g/mol. The number of methoxy groups -OCH3 is 1. The van der Waals surface area contributed by atoms with Crippen LogP contribution in [0.2, 0.25) is 10.0 Å². The number of ether oxygens (including phenoxy) is 1. The lowest BCUT2D eigenvalue weighted by Gasteiger charge is -2.27. The summed E-state index contributed by atoms with van der Waals surface area (Å²) in [4.78, 5) is 17.7. The van der Waals surface area contributed by atoms with Crippen LogP contribution >= 0.6 is 23.2 Å². The third-order valence-corrected chi connectivity index (χ3v) is 7.69.